The van der Waals surface area contributed by atoms with Crippen LogP contribution in [0.2, 0.25) is 5.02 Å². The molecule has 2 aromatic rings. The SMILES string of the molecule is CCc1nn(-c2cccc(Cl)c2)c(CC)c1C=O. The maximum atomic E-state index is 11.2. The summed E-state index contributed by atoms with van der Waals surface area (Å²) >= 11 is 5.99. The average Bonchev–Trinajstić information content (AvgIpc) is 2.76. The molecule has 18 heavy (non-hydrogen) atoms. The smallest absolute Gasteiger partial charge is 0.153 e. The highest BCUT2D eigenvalue weighted by molar-refractivity contribution is 6.30. The van der Waals surface area contributed by atoms with Crippen LogP contribution >= 0.6 is 11.6 Å². The van der Waals surface area contributed by atoms with Crippen LogP contribution < -0.4 is 0 Å². The van der Waals surface area contributed by atoms with E-state index < -0.39 is 0 Å². The summed E-state index contributed by atoms with van der Waals surface area (Å²) in [7, 11) is 0. The second kappa shape index (κ2) is 5.36. The van der Waals surface area contributed by atoms with Gasteiger partial charge in [-0.2, -0.15) is 5.10 Å². The Morgan fingerprint density at radius 3 is 2.67 bits per heavy atom. The lowest BCUT2D eigenvalue weighted by molar-refractivity contribution is 0.112. The van der Waals surface area contributed by atoms with Crippen LogP contribution in [0.1, 0.15) is 35.6 Å². The molecule has 0 aliphatic carbocycles. The molecule has 3 nitrogen and oxygen atoms in total. The Balaban J connectivity index is 2.63. The average molecular weight is 263 g/mol. The van der Waals surface area contributed by atoms with Crippen molar-refractivity contribution < 1.29 is 4.79 Å². The van der Waals surface area contributed by atoms with E-state index in [9.17, 15) is 4.79 Å². The second-order valence-electron chi connectivity index (χ2n) is 4.02. The Labute approximate surface area is 111 Å². The molecule has 0 saturated heterocycles. The standard InChI is InChI=1S/C14H15ClN2O/c1-3-13-12(9-18)14(4-2)17(16-13)11-7-5-6-10(15)8-11/h5-9H,3-4H2,1-2H3. The molecule has 94 valence electrons. The summed E-state index contributed by atoms with van der Waals surface area (Å²) in [6.45, 7) is 4.02. The van der Waals surface area contributed by atoms with Gasteiger partial charge in [0.2, 0.25) is 0 Å². The predicted octanol–water partition coefficient (Wildman–Crippen LogP) is 3.46. The fraction of sp³-hybridized carbons (Fsp3) is 0.286. The summed E-state index contributed by atoms with van der Waals surface area (Å²) in [6.07, 6.45) is 2.40. The third-order valence-corrected chi connectivity index (χ3v) is 3.17. The largest absolute Gasteiger partial charge is 0.298 e. The first kappa shape index (κ1) is 12.8. The van der Waals surface area contributed by atoms with Gasteiger partial charge in [0.25, 0.3) is 0 Å². The fourth-order valence-electron chi connectivity index (χ4n) is 2.07. The zero-order valence-corrected chi connectivity index (χ0v) is 11.2. The van der Waals surface area contributed by atoms with Crippen molar-refractivity contribution in [3.8, 4) is 5.69 Å². The van der Waals surface area contributed by atoms with E-state index in [1.54, 1.807) is 0 Å². The van der Waals surface area contributed by atoms with Crippen LogP contribution in [0.5, 0.6) is 0 Å². The van der Waals surface area contributed by atoms with Gasteiger partial charge in [-0.05, 0) is 31.0 Å². The van der Waals surface area contributed by atoms with Crippen LogP contribution in [-0.2, 0) is 12.8 Å². The van der Waals surface area contributed by atoms with Gasteiger partial charge in [-0.3, -0.25) is 4.79 Å². The van der Waals surface area contributed by atoms with Gasteiger partial charge in [0.1, 0.15) is 0 Å². The van der Waals surface area contributed by atoms with Crippen molar-refractivity contribution in [2.75, 3.05) is 0 Å². The summed E-state index contributed by atoms with van der Waals surface area (Å²) in [5.74, 6) is 0. The first-order valence-electron chi connectivity index (χ1n) is 6.03. The molecule has 0 fully saturated rings. The molecular formula is C14H15ClN2O. The molecule has 0 saturated carbocycles. The van der Waals surface area contributed by atoms with Gasteiger partial charge in [-0.25, -0.2) is 4.68 Å². The Kier molecular flexibility index (Phi) is 3.82. The number of rotatable bonds is 4. The number of aldehydes is 1. The number of carbonyl (C=O) groups excluding carboxylic acids is 1. The number of benzene rings is 1. The number of aryl methyl sites for hydroxylation is 1. The minimum atomic E-state index is 0.663. The molecule has 0 spiro atoms. The minimum Gasteiger partial charge on any atom is -0.298 e. The maximum absolute atomic E-state index is 11.2. The topological polar surface area (TPSA) is 34.9 Å². The molecule has 1 aromatic carbocycles. The lowest BCUT2D eigenvalue weighted by atomic mass is 10.1. The van der Waals surface area contributed by atoms with Crippen LogP contribution in [0.15, 0.2) is 24.3 Å². The number of nitrogens with zero attached hydrogens (tertiary/aromatic N) is 2. The number of hydrogen-bond donors (Lipinski definition) is 0. The van der Waals surface area contributed by atoms with Gasteiger partial charge in [-0.15, -0.1) is 0 Å². The van der Waals surface area contributed by atoms with Crippen molar-refractivity contribution in [1.29, 1.82) is 0 Å². The van der Waals surface area contributed by atoms with Crippen LogP contribution in [0.4, 0.5) is 0 Å². The molecule has 0 aliphatic rings. The first-order valence-corrected chi connectivity index (χ1v) is 6.40. The molecule has 0 N–H and O–H groups in total. The lowest BCUT2D eigenvalue weighted by Gasteiger charge is -2.06. The van der Waals surface area contributed by atoms with Crippen LogP contribution in [-0.4, -0.2) is 16.1 Å². The number of halogens is 1. The maximum Gasteiger partial charge on any atom is 0.153 e. The third kappa shape index (κ3) is 2.18. The van der Waals surface area contributed by atoms with Gasteiger partial charge < -0.3 is 0 Å². The van der Waals surface area contributed by atoms with E-state index in [0.29, 0.717) is 10.6 Å². The van der Waals surface area contributed by atoms with Gasteiger partial charge in [0.05, 0.1) is 22.6 Å². The van der Waals surface area contributed by atoms with Crippen molar-refractivity contribution >= 4 is 17.9 Å². The molecule has 4 heteroatoms. The van der Waals surface area contributed by atoms with Crippen LogP contribution in [0.25, 0.3) is 5.69 Å². The van der Waals surface area contributed by atoms with Gasteiger partial charge in [0, 0.05) is 5.02 Å². The molecule has 0 amide bonds. The summed E-state index contributed by atoms with van der Waals surface area (Å²) in [4.78, 5) is 11.2. The highest BCUT2D eigenvalue weighted by atomic mass is 35.5. The van der Waals surface area contributed by atoms with Crippen molar-refractivity contribution in [3.63, 3.8) is 0 Å². The number of carbonyl (C=O) groups is 1. The van der Waals surface area contributed by atoms with E-state index in [2.05, 4.69) is 5.10 Å². The Morgan fingerprint density at radius 2 is 2.11 bits per heavy atom. The number of hydrogen-bond acceptors (Lipinski definition) is 2. The molecular weight excluding hydrogens is 248 g/mol. The lowest BCUT2D eigenvalue weighted by Crippen LogP contribution is -2.02. The second-order valence-corrected chi connectivity index (χ2v) is 4.46. The van der Waals surface area contributed by atoms with E-state index in [0.717, 1.165) is 36.2 Å². The van der Waals surface area contributed by atoms with Crippen molar-refractivity contribution in [1.82, 2.24) is 9.78 Å². The predicted molar refractivity (Wildman–Crippen MR) is 72.7 cm³/mol. The molecule has 1 aromatic heterocycles. The molecule has 0 radical (unpaired) electrons. The first-order chi connectivity index (χ1) is 8.71. The highest BCUT2D eigenvalue weighted by Gasteiger charge is 2.15. The molecule has 2 rings (SSSR count). The summed E-state index contributed by atoms with van der Waals surface area (Å²) in [6, 6.07) is 7.49. The molecule has 1 heterocycles. The summed E-state index contributed by atoms with van der Waals surface area (Å²) < 4.78 is 1.81. The molecule has 0 bridgehead atoms. The van der Waals surface area contributed by atoms with Crippen molar-refractivity contribution in [2.24, 2.45) is 0 Å². The van der Waals surface area contributed by atoms with Gasteiger partial charge in [-0.1, -0.05) is 31.5 Å². The Hall–Kier alpha value is -1.61. The summed E-state index contributed by atoms with van der Waals surface area (Å²) in [5.41, 5.74) is 3.37. The minimum absolute atomic E-state index is 0.663. The third-order valence-electron chi connectivity index (χ3n) is 2.94. The van der Waals surface area contributed by atoms with Crippen molar-refractivity contribution in [3.05, 3.63) is 46.2 Å². The van der Waals surface area contributed by atoms with Crippen LogP contribution in [0.3, 0.4) is 0 Å². The fourth-order valence-corrected chi connectivity index (χ4v) is 2.26. The molecule has 0 atom stereocenters. The van der Waals surface area contributed by atoms with E-state index >= 15 is 0 Å². The Bertz CT molecular complexity index is 575. The van der Waals surface area contributed by atoms with E-state index in [1.165, 1.54) is 0 Å². The van der Waals surface area contributed by atoms with E-state index in [4.69, 9.17) is 11.6 Å². The monoisotopic (exact) mass is 262 g/mol. The zero-order valence-electron chi connectivity index (χ0n) is 10.5. The van der Waals surface area contributed by atoms with E-state index in [1.807, 2.05) is 42.8 Å². The summed E-state index contributed by atoms with van der Waals surface area (Å²) in [5, 5.41) is 5.17. The van der Waals surface area contributed by atoms with Gasteiger partial charge >= 0.3 is 0 Å². The van der Waals surface area contributed by atoms with Crippen LogP contribution in [0, 0.1) is 0 Å². The highest BCUT2D eigenvalue weighted by Crippen LogP contribution is 2.21. The molecule has 0 unspecified atom stereocenters. The zero-order chi connectivity index (χ0) is 13.1. The van der Waals surface area contributed by atoms with E-state index in [-0.39, 0.29) is 0 Å². The normalized spacial score (nSPS) is 10.6. The van der Waals surface area contributed by atoms with Crippen molar-refractivity contribution in [2.45, 2.75) is 26.7 Å². The number of aromatic nitrogens is 2. The Morgan fingerprint density at radius 1 is 1.33 bits per heavy atom. The quantitative estimate of drug-likeness (QED) is 0.791. The van der Waals surface area contributed by atoms with Gasteiger partial charge in [0.15, 0.2) is 6.29 Å². The molecule has 0 aliphatic heterocycles.